The van der Waals surface area contributed by atoms with Gasteiger partial charge in [-0.05, 0) is 59.8 Å². The van der Waals surface area contributed by atoms with E-state index in [1.807, 2.05) is 30.5 Å². The van der Waals surface area contributed by atoms with Gasteiger partial charge in [-0.3, -0.25) is 9.59 Å². The molecule has 0 spiro atoms. The number of nitrogens with one attached hydrogen (secondary N) is 1. The molecular weight excluding hydrogens is 402 g/mol. The normalized spacial score (nSPS) is 10.7. The molecule has 1 heterocycles. The maximum Gasteiger partial charge on any atom is 0.281 e. The minimum atomic E-state index is -0.560. The lowest BCUT2D eigenvalue weighted by Crippen LogP contribution is -2.17. The zero-order chi connectivity index (χ0) is 21.5. The lowest BCUT2D eigenvalue weighted by Gasteiger charge is -2.12. The smallest absolute Gasteiger partial charge is 0.281 e. The maximum absolute atomic E-state index is 12.1. The average molecular weight is 423 g/mol. The van der Waals surface area contributed by atoms with Gasteiger partial charge in [-0.15, -0.1) is 11.3 Å². The first kappa shape index (κ1) is 21.1. The van der Waals surface area contributed by atoms with Crippen LogP contribution in [0.25, 0.3) is 0 Å². The second-order valence-corrected chi connectivity index (χ2v) is 7.27. The van der Waals surface area contributed by atoms with Crippen LogP contribution in [-0.4, -0.2) is 25.1 Å². The van der Waals surface area contributed by atoms with Crippen molar-refractivity contribution in [1.29, 1.82) is 0 Å². The summed E-state index contributed by atoms with van der Waals surface area (Å²) in [6.07, 6.45) is 1.54. The number of thiophene rings is 1. The molecule has 7 nitrogen and oxygen atoms in total. The average Bonchev–Trinajstić information content (AvgIpc) is 3.18. The predicted molar refractivity (Wildman–Crippen MR) is 116 cm³/mol. The fraction of sp³-hybridized carbons (Fsp3) is 0.136. The number of amides is 2. The number of nitrogens with two attached hydrogens (primary N) is 1. The number of methoxy groups -OCH3 is 1. The minimum absolute atomic E-state index is 0.163. The Morgan fingerprint density at radius 3 is 2.67 bits per heavy atom. The van der Waals surface area contributed by atoms with Crippen LogP contribution in [0.5, 0.6) is 11.5 Å². The molecule has 0 bridgehead atoms. The van der Waals surface area contributed by atoms with Crippen molar-refractivity contribution in [3.8, 4) is 11.5 Å². The van der Waals surface area contributed by atoms with Crippen molar-refractivity contribution in [2.75, 3.05) is 7.11 Å². The van der Waals surface area contributed by atoms with Crippen LogP contribution in [0.15, 0.2) is 59.0 Å². The lowest BCUT2D eigenvalue weighted by atomic mass is 10.1. The number of hydrazone groups is 1. The molecule has 0 saturated heterocycles. The van der Waals surface area contributed by atoms with Gasteiger partial charge >= 0.3 is 0 Å². The van der Waals surface area contributed by atoms with Crippen LogP contribution in [0.3, 0.4) is 0 Å². The molecule has 0 aliphatic heterocycles. The molecule has 0 radical (unpaired) electrons. The Hall–Kier alpha value is -3.65. The molecule has 2 aromatic carbocycles. The number of aryl methyl sites for hydroxylation is 1. The topological polar surface area (TPSA) is 103 Å². The lowest BCUT2D eigenvalue weighted by molar-refractivity contribution is 0.0957. The number of para-hydroxylation sites is 1. The molecule has 2 amide bonds. The third-order valence-electron chi connectivity index (χ3n) is 4.29. The second-order valence-electron chi connectivity index (χ2n) is 6.35. The molecule has 30 heavy (non-hydrogen) atoms. The van der Waals surface area contributed by atoms with Crippen LogP contribution >= 0.6 is 11.3 Å². The highest BCUT2D eigenvalue weighted by molar-refractivity contribution is 7.12. The van der Waals surface area contributed by atoms with E-state index in [1.165, 1.54) is 11.3 Å². The summed E-state index contributed by atoms with van der Waals surface area (Å²) in [5.74, 6) is 0.209. The highest BCUT2D eigenvalue weighted by Gasteiger charge is 2.11. The van der Waals surface area contributed by atoms with Gasteiger partial charge in [0.15, 0.2) is 0 Å². The first-order valence-corrected chi connectivity index (χ1v) is 9.93. The summed E-state index contributed by atoms with van der Waals surface area (Å²) < 4.78 is 11.2. The van der Waals surface area contributed by atoms with Gasteiger partial charge in [0.25, 0.3) is 11.8 Å². The van der Waals surface area contributed by atoms with E-state index in [-0.39, 0.29) is 12.5 Å². The molecule has 154 valence electrons. The number of primary amides is 1. The Bertz CT molecular complexity index is 1090. The SMILES string of the molecule is COc1ccc(/C=N/NC(=O)c2sccc2C)cc1COc1ccccc1C(N)=O. The third-order valence-corrected chi connectivity index (χ3v) is 5.30. The summed E-state index contributed by atoms with van der Waals surface area (Å²) in [4.78, 5) is 24.3. The van der Waals surface area contributed by atoms with Gasteiger partial charge in [0, 0.05) is 5.56 Å². The molecule has 0 aliphatic rings. The Morgan fingerprint density at radius 1 is 1.17 bits per heavy atom. The monoisotopic (exact) mass is 423 g/mol. The summed E-state index contributed by atoms with van der Waals surface area (Å²) in [6, 6.07) is 14.1. The highest BCUT2D eigenvalue weighted by atomic mass is 32.1. The molecule has 0 fully saturated rings. The quantitative estimate of drug-likeness (QED) is 0.427. The first-order valence-electron chi connectivity index (χ1n) is 9.05. The number of hydrogen-bond acceptors (Lipinski definition) is 6. The largest absolute Gasteiger partial charge is 0.496 e. The second kappa shape index (κ2) is 9.71. The van der Waals surface area contributed by atoms with Crippen LogP contribution in [-0.2, 0) is 6.61 Å². The van der Waals surface area contributed by atoms with E-state index < -0.39 is 5.91 Å². The molecule has 3 aromatic rings. The van der Waals surface area contributed by atoms with Crippen LogP contribution in [0, 0.1) is 6.92 Å². The van der Waals surface area contributed by atoms with Gasteiger partial charge in [-0.2, -0.15) is 5.10 Å². The Kier molecular flexibility index (Phi) is 6.82. The number of benzene rings is 2. The van der Waals surface area contributed by atoms with Gasteiger partial charge < -0.3 is 15.2 Å². The standard InChI is InChI=1S/C22H21N3O4S/c1-14-9-10-30-20(14)22(27)25-24-12-15-7-8-18(28-2)16(11-15)13-29-19-6-4-3-5-17(19)21(23)26/h3-12H,13H2,1-2H3,(H2,23,26)(H,25,27)/b24-12+. The number of nitrogens with zero attached hydrogens (tertiary/aromatic N) is 1. The van der Waals surface area contributed by atoms with Crippen molar-refractivity contribution in [1.82, 2.24) is 5.43 Å². The van der Waals surface area contributed by atoms with Crippen LogP contribution in [0.4, 0.5) is 0 Å². The molecule has 3 rings (SSSR count). The molecule has 0 atom stereocenters. The Morgan fingerprint density at radius 2 is 1.97 bits per heavy atom. The van der Waals surface area contributed by atoms with E-state index in [0.717, 1.165) is 16.7 Å². The van der Waals surface area contributed by atoms with Crippen molar-refractivity contribution in [3.05, 3.63) is 81.0 Å². The maximum atomic E-state index is 12.1. The number of carbonyl (C=O) groups excluding carboxylic acids is 2. The molecular formula is C22H21N3O4S. The van der Waals surface area contributed by atoms with Crippen molar-refractivity contribution in [2.24, 2.45) is 10.8 Å². The molecule has 3 N–H and O–H groups in total. The Balaban J connectivity index is 1.71. The fourth-order valence-corrected chi connectivity index (χ4v) is 3.58. The van der Waals surface area contributed by atoms with Gasteiger partial charge in [0.1, 0.15) is 18.1 Å². The van der Waals surface area contributed by atoms with Crippen molar-refractivity contribution < 1.29 is 19.1 Å². The number of hydrogen-bond donors (Lipinski definition) is 2. The minimum Gasteiger partial charge on any atom is -0.496 e. The van der Waals surface area contributed by atoms with Crippen LogP contribution in [0.1, 0.15) is 36.7 Å². The zero-order valence-corrected chi connectivity index (χ0v) is 17.4. The summed E-state index contributed by atoms with van der Waals surface area (Å²) in [6.45, 7) is 2.04. The number of carbonyl (C=O) groups is 2. The van der Waals surface area contributed by atoms with Crippen LogP contribution in [0.2, 0.25) is 0 Å². The van der Waals surface area contributed by atoms with Crippen molar-refractivity contribution >= 4 is 29.4 Å². The van der Waals surface area contributed by atoms with Crippen molar-refractivity contribution in [3.63, 3.8) is 0 Å². The van der Waals surface area contributed by atoms with E-state index in [2.05, 4.69) is 10.5 Å². The number of ether oxygens (including phenoxy) is 2. The molecule has 0 aliphatic carbocycles. The summed E-state index contributed by atoms with van der Waals surface area (Å²) in [5.41, 5.74) is 10.6. The van der Waals surface area contributed by atoms with E-state index in [1.54, 1.807) is 43.7 Å². The van der Waals surface area contributed by atoms with Crippen LogP contribution < -0.4 is 20.6 Å². The Labute approximate surface area is 178 Å². The van der Waals surface area contributed by atoms with Gasteiger partial charge in [-0.1, -0.05) is 12.1 Å². The van der Waals surface area contributed by atoms with E-state index in [0.29, 0.717) is 21.9 Å². The summed E-state index contributed by atoms with van der Waals surface area (Å²) >= 11 is 1.37. The summed E-state index contributed by atoms with van der Waals surface area (Å²) in [7, 11) is 1.56. The van der Waals surface area contributed by atoms with E-state index >= 15 is 0 Å². The molecule has 0 unspecified atom stereocenters. The third kappa shape index (κ3) is 5.03. The van der Waals surface area contributed by atoms with Crippen molar-refractivity contribution in [2.45, 2.75) is 13.5 Å². The number of rotatable bonds is 8. The molecule has 0 saturated carbocycles. The highest BCUT2D eigenvalue weighted by Crippen LogP contribution is 2.24. The first-order chi connectivity index (χ1) is 14.5. The zero-order valence-electron chi connectivity index (χ0n) is 16.5. The van der Waals surface area contributed by atoms with Gasteiger partial charge in [0.2, 0.25) is 0 Å². The molecule has 8 heteroatoms. The van der Waals surface area contributed by atoms with Gasteiger partial charge in [-0.25, -0.2) is 5.43 Å². The van der Waals surface area contributed by atoms with E-state index in [9.17, 15) is 9.59 Å². The fourth-order valence-electron chi connectivity index (χ4n) is 2.76. The van der Waals surface area contributed by atoms with Gasteiger partial charge in [0.05, 0.1) is 23.8 Å². The summed E-state index contributed by atoms with van der Waals surface area (Å²) in [5, 5.41) is 5.89. The van der Waals surface area contributed by atoms with E-state index in [4.69, 9.17) is 15.2 Å². The predicted octanol–water partition coefficient (Wildman–Crippen LogP) is 3.51. The molecule has 1 aromatic heterocycles.